The lowest BCUT2D eigenvalue weighted by Gasteiger charge is -2.24. The fourth-order valence-electron chi connectivity index (χ4n) is 1.52. The molecule has 2 N–H and O–H groups in total. The van der Waals surface area contributed by atoms with E-state index in [0.29, 0.717) is 19.1 Å². The van der Waals surface area contributed by atoms with Crippen molar-refractivity contribution in [3.8, 4) is 0 Å². The first-order valence-electron chi connectivity index (χ1n) is 5.31. The van der Waals surface area contributed by atoms with E-state index < -0.39 is 5.60 Å². The molecule has 1 heterocycles. The third-order valence-corrected chi connectivity index (χ3v) is 2.40. The normalized spacial score (nSPS) is 20.5. The minimum atomic E-state index is -0.807. The van der Waals surface area contributed by atoms with Crippen LogP contribution in [0.4, 0.5) is 0 Å². The minimum absolute atomic E-state index is 0.462. The van der Waals surface area contributed by atoms with Gasteiger partial charge >= 0.3 is 0 Å². The zero-order valence-corrected chi connectivity index (χ0v) is 9.34. The fourth-order valence-corrected chi connectivity index (χ4v) is 1.52. The zero-order valence-electron chi connectivity index (χ0n) is 9.34. The highest BCUT2D eigenvalue weighted by Crippen LogP contribution is 2.25. The van der Waals surface area contributed by atoms with Crippen LogP contribution in [-0.4, -0.2) is 29.9 Å². The average molecular weight is 199 g/mol. The van der Waals surface area contributed by atoms with Crippen LogP contribution in [0.3, 0.4) is 0 Å². The second-order valence-electron chi connectivity index (χ2n) is 4.34. The first-order valence-corrected chi connectivity index (χ1v) is 5.31. The molecule has 1 atom stereocenters. The molecule has 1 aliphatic rings. The van der Waals surface area contributed by atoms with Crippen LogP contribution in [0.15, 0.2) is 11.8 Å². The van der Waals surface area contributed by atoms with Gasteiger partial charge in [0, 0.05) is 12.5 Å². The van der Waals surface area contributed by atoms with Gasteiger partial charge < -0.3 is 15.2 Å². The monoisotopic (exact) mass is 199 g/mol. The summed E-state index contributed by atoms with van der Waals surface area (Å²) in [5.41, 5.74) is -0.807. The highest BCUT2D eigenvalue weighted by Gasteiger charge is 2.28. The van der Waals surface area contributed by atoms with Crippen molar-refractivity contribution in [3.05, 3.63) is 11.8 Å². The summed E-state index contributed by atoms with van der Waals surface area (Å²) in [5.74, 6) is 0.739. The molecule has 1 unspecified atom stereocenters. The number of rotatable bonds is 5. The molecule has 0 bridgehead atoms. The largest absolute Gasteiger partial charge is 0.495 e. The van der Waals surface area contributed by atoms with Crippen LogP contribution in [0.1, 0.15) is 33.6 Å². The van der Waals surface area contributed by atoms with Gasteiger partial charge in [0.15, 0.2) is 0 Å². The van der Waals surface area contributed by atoms with Gasteiger partial charge in [-0.1, -0.05) is 13.8 Å². The molecule has 0 aromatic heterocycles. The highest BCUT2D eigenvalue weighted by molar-refractivity contribution is 5.11. The lowest BCUT2D eigenvalue weighted by molar-refractivity contribution is 0.0277. The molecule has 0 saturated carbocycles. The third kappa shape index (κ3) is 3.31. The van der Waals surface area contributed by atoms with E-state index in [-0.39, 0.29) is 0 Å². The average Bonchev–Trinajstić information content (AvgIpc) is 2.54. The lowest BCUT2D eigenvalue weighted by atomic mass is 9.99. The molecule has 3 nitrogen and oxygen atoms in total. The van der Waals surface area contributed by atoms with Crippen molar-refractivity contribution >= 4 is 0 Å². The standard InChI is InChI=1S/C11H21NO2/c1-9(2)12-7-6-11(3,13)10-5-4-8-14-10/h5,9,12-13H,4,6-8H2,1-3H3. The predicted octanol–water partition coefficient (Wildman–Crippen LogP) is 1.43. The molecule has 14 heavy (non-hydrogen) atoms. The summed E-state index contributed by atoms with van der Waals surface area (Å²) in [6, 6.07) is 0.462. The van der Waals surface area contributed by atoms with Crippen molar-refractivity contribution < 1.29 is 9.84 Å². The number of nitrogens with one attached hydrogen (secondary N) is 1. The molecular formula is C11H21NO2. The summed E-state index contributed by atoms with van der Waals surface area (Å²) in [7, 11) is 0. The molecule has 0 saturated heterocycles. The smallest absolute Gasteiger partial charge is 0.123 e. The maximum absolute atomic E-state index is 10.1. The molecule has 0 aromatic carbocycles. The topological polar surface area (TPSA) is 41.5 Å². The van der Waals surface area contributed by atoms with E-state index in [1.54, 1.807) is 0 Å². The van der Waals surface area contributed by atoms with Crippen LogP contribution in [0, 0.1) is 0 Å². The maximum Gasteiger partial charge on any atom is 0.123 e. The summed E-state index contributed by atoms with van der Waals surface area (Å²) in [4.78, 5) is 0. The summed E-state index contributed by atoms with van der Waals surface area (Å²) >= 11 is 0. The van der Waals surface area contributed by atoms with E-state index in [1.807, 2.05) is 13.0 Å². The van der Waals surface area contributed by atoms with Gasteiger partial charge in [0.2, 0.25) is 0 Å². The molecule has 0 aromatic rings. The van der Waals surface area contributed by atoms with Crippen molar-refractivity contribution in [2.75, 3.05) is 13.2 Å². The Balaban J connectivity index is 2.33. The Kier molecular flexibility index (Phi) is 3.96. The van der Waals surface area contributed by atoms with Crippen LogP contribution in [0.5, 0.6) is 0 Å². The molecule has 3 heteroatoms. The van der Waals surface area contributed by atoms with Gasteiger partial charge in [0.1, 0.15) is 11.4 Å². The van der Waals surface area contributed by atoms with Crippen LogP contribution < -0.4 is 5.32 Å². The maximum atomic E-state index is 10.1. The molecule has 0 amide bonds. The Bertz CT molecular complexity index is 209. The fraction of sp³-hybridized carbons (Fsp3) is 0.818. The van der Waals surface area contributed by atoms with Gasteiger partial charge in [-0.05, 0) is 26.0 Å². The van der Waals surface area contributed by atoms with Gasteiger partial charge in [-0.15, -0.1) is 0 Å². The van der Waals surface area contributed by atoms with Gasteiger partial charge in [-0.25, -0.2) is 0 Å². The van der Waals surface area contributed by atoms with Gasteiger partial charge in [0.25, 0.3) is 0 Å². The van der Waals surface area contributed by atoms with E-state index in [4.69, 9.17) is 4.74 Å². The first kappa shape index (κ1) is 11.5. The van der Waals surface area contributed by atoms with Crippen LogP contribution >= 0.6 is 0 Å². The van der Waals surface area contributed by atoms with E-state index in [0.717, 1.165) is 18.7 Å². The zero-order chi connectivity index (χ0) is 10.6. The molecule has 1 rings (SSSR count). The van der Waals surface area contributed by atoms with Crippen LogP contribution in [-0.2, 0) is 4.74 Å². The van der Waals surface area contributed by atoms with E-state index >= 15 is 0 Å². The second-order valence-corrected chi connectivity index (χ2v) is 4.34. The lowest BCUT2D eigenvalue weighted by Crippen LogP contribution is -2.34. The van der Waals surface area contributed by atoms with Gasteiger partial charge in [0.05, 0.1) is 6.61 Å². The third-order valence-electron chi connectivity index (χ3n) is 2.40. The number of hydrogen-bond donors (Lipinski definition) is 2. The Labute approximate surface area is 86.2 Å². The number of hydrogen-bond acceptors (Lipinski definition) is 3. The Morgan fingerprint density at radius 1 is 1.64 bits per heavy atom. The first-order chi connectivity index (χ1) is 6.52. The number of aliphatic hydroxyl groups is 1. The van der Waals surface area contributed by atoms with Gasteiger partial charge in [-0.3, -0.25) is 0 Å². The van der Waals surface area contributed by atoms with Crippen molar-refractivity contribution in [2.45, 2.75) is 45.3 Å². The molecular weight excluding hydrogens is 178 g/mol. The molecule has 0 fully saturated rings. The summed E-state index contributed by atoms with van der Waals surface area (Å²) < 4.78 is 5.36. The van der Waals surface area contributed by atoms with Crippen LogP contribution in [0.2, 0.25) is 0 Å². The highest BCUT2D eigenvalue weighted by atomic mass is 16.5. The molecule has 0 aliphatic carbocycles. The predicted molar refractivity (Wildman–Crippen MR) is 57.0 cm³/mol. The summed E-state index contributed by atoms with van der Waals surface area (Å²) in [6.45, 7) is 7.53. The van der Waals surface area contributed by atoms with E-state index in [2.05, 4.69) is 19.2 Å². The molecule has 1 aliphatic heterocycles. The van der Waals surface area contributed by atoms with Crippen molar-refractivity contribution in [1.29, 1.82) is 0 Å². The van der Waals surface area contributed by atoms with Gasteiger partial charge in [-0.2, -0.15) is 0 Å². The van der Waals surface area contributed by atoms with Crippen molar-refractivity contribution in [3.63, 3.8) is 0 Å². The minimum Gasteiger partial charge on any atom is -0.495 e. The SMILES string of the molecule is CC(C)NCCC(C)(O)C1=CCCO1. The number of ether oxygens (including phenoxy) is 1. The quantitative estimate of drug-likeness (QED) is 0.704. The summed E-state index contributed by atoms with van der Waals surface area (Å²) in [5, 5.41) is 13.4. The Hall–Kier alpha value is -0.540. The Morgan fingerprint density at radius 3 is 2.86 bits per heavy atom. The molecule has 0 spiro atoms. The van der Waals surface area contributed by atoms with Crippen LogP contribution in [0.25, 0.3) is 0 Å². The second kappa shape index (κ2) is 4.80. The Morgan fingerprint density at radius 2 is 2.36 bits per heavy atom. The van der Waals surface area contributed by atoms with Crippen molar-refractivity contribution in [1.82, 2.24) is 5.32 Å². The van der Waals surface area contributed by atoms with Crippen molar-refractivity contribution in [2.24, 2.45) is 0 Å². The molecule has 82 valence electrons. The van der Waals surface area contributed by atoms with E-state index in [1.165, 1.54) is 0 Å². The van der Waals surface area contributed by atoms with E-state index in [9.17, 15) is 5.11 Å². The molecule has 0 radical (unpaired) electrons. The summed E-state index contributed by atoms with van der Waals surface area (Å²) in [6.07, 6.45) is 3.59.